The van der Waals surface area contributed by atoms with Gasteiger partial charge >= 0.3 is 7.40 Å². The van der Waals surface area contributed by atoms with E-state index in [1.165, 1.54) is 114 Å². The third kappa shape index (κ3) is 16.7. The van der Waals surface area contributed by atoms with Crippen LogP contribution >= 0.6 is 0 Å². The summed E-state index contributed by atoms with van der Waals surface area (Å²) >= 11 is 0. The molecular formula is C72H80BF2N5. The van der Waals surface area contributed by atoms with Crippen molar-refractivity contribution >= 4 is 41.7 Å². The lowest BCUT2D eigenvalue weighted by Crippen LogP contribution is -2.25. The highest BCUT2D eigenvalue weighted by Crippen LogP contribution is 2.41. The fourth-order valence-electron chi connectivity index (χ4n) is 10.4. The molecule has 0 saturated heterocycles. The second kappa shape index (κ2) is 31.2. The number of allylic oxidation sites excluding steroid dienone is 1. The van der Waals surface area contributed by atoms with E-state index in [1.54, 1.807) is 0 Å². The van der Waals surface area contributed by atoms with Crippen molar-refractivity contribution in [1.29, 1.82) is 0 Å². The molecule has 0 saturated carbocycles. The summed E-state index contributed by atoms with van der Waals surface area (Å²) in [5.74, 6) is 13.9. The summed E-state index contributed by atoms with van der Waals surface area (Å²) in [4.78, 5) is 15.3. The van der Waals surface area contributed by atoms with Gasteiger partial charge in [0.1, 0.15) is 5.82 Å². The van der Waals surface area contributed by atoms with Crippen molar-refractivity contribution in [2.24, 2.45) is 9.98 Å². The first-order valence-electron chi connectivity index (χ1n) is 29.8. The van der Waals surface area contributed by atoms with Crippen LogP contribution in [0.1, 0.15) is 164 Å². The van der Waals surface area contributed by atoms with Gasteiger partial charge in [-0.05, 0) is 127 Å². The maximum atomic E-state index is 15.8. The predicted octanol–water partition coefficient (Wildman–Crippen LogP) is 18.9. The number of benzene rings is 6. The van der Waals surface area contributed by atoms with Crippen LogP contribution in [0.3, 0.4) is 0 Å². The average Bonchev–Trinajstić information content (AvgIpc) is 4.15. The molecule has 0 radical (unpaired) electrons. The average molecular weight is 1060 g/mol. The third-order valence-corrected chi connectivity index (χ3v) is 15.0. The van der Waals surface area contributed by atoms with E-state index >= 15 is 8.63 Å². The molecule has 0 amide bonds. The van der Waals surface area contributed by atoms with Crippen molar-refractivity contribution < 1.29 is 8.63 Å². The topological polar surface area (TPSA) is 36.1 Å². The van der Waals surface area contributed by atoms with Gasteiger partial charge in [0.05, 0.1) is 5.71 Å². The van der Waals surface area contributed by atoms with Crippen LogP contribution in [0.25, 0.3) is 28.0 Å². The summed E-state index contributed by atoms with van der Waals surface area (Å²) < 4.78 is 32.6. The molecule has 0 atom stereocenters. The first-order valence-corrected chi connectivity index (χ1v) is 29.8. The van der Waals surface area contributed by atoms with E-state index in [-0.39, 0.29) is 5.82 Å². The minimum atomic E-state index is -2.90. The molecular weight excluding hydrogens is 984 g/mol. The zero-order chi connectivity index (χ0) is 55.7. The molecule has 410 valence electrons. The van der Waals surface area contributed by atoms with Crippen LogP contribution in [0.15, 0.2) is 180 Å². The van der Waals surface area contributed by atoms with Gasteiger partial charge in [-0.15, -0.1) is 0 Å². The molecule has 8 rings (SSSR count). The van der Waals surface area contributed by atoms with Crippen molar-refractivity contribution in [3.05, 3.63) is 203 Å². The molecule has 0 N–H and O–H groups in total. The molecule has 0 aliphatic carbocycles. The normalized spacial score (nSPS) is 12.3. The van der Waals surface area contributed by atoms with Crippen LogP contribution in [0, 0.1) is 23.7 Å². The molecule has 7 aromatic rings. The molecule has 0 fully saturated rings. The molecule has 1 aliphatic heterocycles. The fraction of sp³-hybridized carbons (Fsp3) is 0.333. The summed E-state index contributed by atoms with van der Waals surface area (Å²) in [6.45, 7) is 13.4. The zero-order valence-electron chi connectivity index (χ0n) is 47.9. The smallest absolute Gasteiger partial charge is 0.372 e. The molecule has 1 aliphatic rings. The number of amidine groups is 1. The zero-order valence-corrected chi connectivity index (χ0v) is 47.9. The highest BCUT2D eigenvalue weighted by molar-refractivity contribution is 6.43. The summed E-state index contributed by atoms with van der Waals surface area (Å²) in [5, 5.41) is 0. The van der Waals surface area contributed by atoms with E-state index in [9.17, 15) is 0 Å². The Morgan fingerprint density at radius 1 is 0.438 bits per heavy atom. The Morgan fingerprint density at radius 2 is 0.825 bits per heavy atom. The van der Waals surface area contributed by atoms with E-state index in [0.717, 1.165) is 75.2 Å². The lowest BCUT2D eigenvalue weighted by atomic mass is 10.0. The Balaban J connectivity index is 1.04. The second-order valence-corrected chi connectivity index (χ2v) is 21.1. The lowest BCUT2D eigenvalue weighted by molar-refractivity contribution is 0.609. The first kappa shape index (κ1) is 58.5. The van der Waals surface area contributed by atoms with Gasteiger partial charge in [0.15, 0.2) is 5.84 Å². The Hall–Kier alpha value is -7.68. The van der Waals surface area contributed by atoms with Crippen LogP contribution in [0.4, 0.5) is 25.8 Å². The number of rotatable bonds is 28. The van der Waals surface area contributed by atoms with E-state index in [1.807, 2.05) is 121 Å². The molecule has 5 nitrogen and oxygen atoms in total. The van der Waals surface area contributed by atoms with Gasteiger partial charge in [0.25, 0.3) is 0 Å². The summed E-state index contributed by atoms with van der Waals surface area (Å²) in [7, 11) is -2.90. The maximum Gasteiger partial charge on any atom is 0.679 e. The standard InChI is InChI=1S/C72H80BF2N5/c1-5-9-13-23-51-78(52-24-14-10-6-2)65-47-39-59(40-48-65)33-31-57-35-43-63(44-36-57)69-55-67(61-27-19-17-20-28-61)71(76-69)77-72-68(62-29-21-18-22-30-62)56-70(80(72)73(74)75)64-45-37-58(38-46-64)32-34-60-41-49-66(50-42-60)79(53-25-15-11-7-3)54-26-16-12-8-4/h17-22,27-30,35-50,55-56H,5-16,23-26,51-54H2,1-4H3/b77-71-. The van der Waals surface area contributed by atoms with E-state index in [2.05, 4.69) is 110 Å². The van der Waals surface area contributed by atoms with Crippen molar-refractivity contribution in [3.63, 3.8) is 0 Å². The Bertz CT molecular complexity index is 3200. The lowest BCUT2D eigenvalue weighted by Gasteiger charge is -2.25. The van der Waals surface area contributed by atoms with Crippen molar-refractivity contribution in [3.8, 4) is 46.1 Å². The van der Waals surface area contributed by atoms with Crippen molar-refractivity contribution in [2.45, 2.75) is 130 Å². The van der Waals surface area contributed by atoms with Crippen LogP contribution in [0.5, 0.6) is 0 Å². The number of aromatic nitrogens is 1. The maximum absolute atomic E-state index is 15.8. The largest absolute Gasteiger partial charge is 0.679 e. The molecule has 0 bridgehead atoms. The highest BCUT2D eigenvalue weighted by atomic mass is 19.2. The number of hydrogen-bond donors (Lipinski definition) is 0. The van der Waals surface area contributed by atoms with Crippen LogP contribution in [-0.2, 0) is 0 Å². The van der Waals surface area contributed by atoms with Crippen LogP contribution < -0.4 is 9.80 Å². The number of halogens is 2. The Morgan fingerprint density at radius 3 is 1.23 bits per heavy atom. The highest BCUT2D eigenvalue weighted by Gasteiger charge is 2.30. The number of nitrogens with zero attached hydrogens (tertiary/aromatic N) is 5. The van der Waals surface area contributed by atoms with Crippen molar-refractivity contribution in [2.75, 3.05) is 36.0 Å². The minimum Gasteiger partial charge on any atom is -0.372 e. The quantitative estimate of drug-likeness (QED) is 0.0278. The van der Waals surface area contributed by atoms with Crippen LogP contribution in [-0.4, -0.2) is 49.6 Å². The van der Waals surface area contributed by atoms with Gasteiger partial charge in [0, 0.05) is 82.2 Å². The first-order chi connectivity index (χ1) is 39.3. The monoisotopic (exact) mass is 1060 g/mol. The summed E-state index contributed by atoms with van der Waals surface area (Å²) in [6, 6.07) is 54.2. The Kier molecular flexibility index (Phi) is 22.8. The predicted molar refractivity (Wildman–Crippen MR) is 339 cm³/mol. The van der Waals surface area contributed by atoms with E-state index in [4.69, 9.17) is 9.98 Å². The summed E-state index contributed by atoms with van der Waals surface area (Å²) in [5.41, 5.74) is 11.6. The fourth-order valence-corrected chi connectivity index (χ4v) is 10.4. The molecule has 80 heavy (non-hydrogen) atoms. The number of unbranched alkanes of at least 4 members (excludes halogenated alkanes) is 12. The van der Waals surface area contributed by atoms with Gasteiger partial charge in [-0.2, -0.15) is 0 Å². The Labute approximate surface area is 478 Å². The molecule has 0 spiro atoms. The third-order valence-electron chi connectivity index (χ3n) is 15.0. The van der Waals surface area contributed by atoms with E-state index < -0.39 is 7.40 Å². The molecule has 0 unspecified atom stereocenters. The van der Waals surface area contributed by atoms with Gasteiger partial charge in [-0.25, -0.2) is 9.98 Å². The van der Waals surface area contributed by atoms with Crippen LogP contribution in [0.2, 0.25) is 0 Å². The second-order valence-electron chi connectivity index (χ2n) is 21.1. The molecule has 6 aromatic carbocycles. The van der Waals surface area contributed by atoms with Crippen molar-refractivity contribution in [1.82, 2.24) is 4.48 Å². The minimum absolute atomic E-state index is 0.126. The SMILES string of the molecule is CCCCCCN(CCCCCC)c1ccc(C#Cc2ccc(C3=N/C(=N\c4c(-c5ccccc5)cc(-c5ccc(C#Cc6ccc(N(CCCCCC)CCCCCC)cc6)cc5)n4B(F)F)C(c4ccccc4)=C3)cc2)cc1. The number of hydrogen-bond acceptors (Lipinski definition) is 3. The van der Waals surface area contributed by atoms with Gasteiger partial charge in [-0.1, -0.05) is 213 Å². The van der Waals surface area contributed by atoms with E-state index in [0.29, 0.717) is 28.4 Å². The van der Waals surface area contributed by atoms with Gasteiger partial charge in [0.2, 0.25) is 0 Å². The van der Waals surface area contributed by atoms with Gasteiger partial charge in [-0.3, -0.25) is 8.63 Å². The number of anilines is 2. The summed E-state index contributed by atoms with van der Waals surface area (Å²) in [6.07, 6.45) is 22.0. The van der Waals surface area contributed by atoms with Gasteiger partial charge < -0.3 is 14.3 Å². The molecule has 2 heterocycles. The molecule has 1 aromatic heterocycles. The molecule has 8 heteroatoms. The number of aliphatic imine (C=N–C) groups is 2.